The van der Waals surface area contributed by atoms with Crippen molar-refractivity contribution in [1.29, 1.82) is 5.26 Å². The maximum absolute atomic E-state index is 13.6. The zero-order chi connectivity index (χ0) is 11.4. The van der Waals surface area contributed by atoms with Crippen LogP contribution in [-0.4, -0.2) is 4.98 Å². The van der Waals surface area contributed by atoms with E-state index in [1.807, 2.05) is 36.4 Å². The Hall–Kier alpha value is -2.21. The van der Waals surface area contributed by atoms with Gasteiger partial charge in [0.15, 0.2) is 0 Å². The van der Waals surface area contributed by atoms with E-state index in [0.717, 1.165) is 5.56 Å². The van der Waals surface area contributed by atoms with Gasteiger partial charge >= 0.3 is 0 Å². The van der Waals surface area contributed by atoms with Gasteiger partial charge in [-0.1, -0.05) is 30.3 Å². The molecule has 0 radical (unpaired) electrons. The second-order valence-electron chi connectivity index (χ2n) is 3.34. The van der Waals surface area contributed by atoms with Crippen LogP contribution in [0.2, 0.25) is 0 Å². The predicted octanol–water partition coefficient (Wildman–Crippen LogP) is 2.95. The van der Waals surface area contributed by atoms with E-state index in [2.05, 4.69) is 4.98 Å². The van der Waals surface area contributed by atoms with Crippen molar-refractivity contribution in [2.24, 2.45) is 0 Å². The maximum Gasteiger partial charge on any atom is 0.221 e. The summed E-state index contributed by atoms with van der Waals surface area (Å²) in [4.78, 5) is 3.75. The van der Waals surface area contributed by atoms with Crippen LogP contribution in [0, 0.1) is 17.3 Å². The molecule has 0 fully saturated rings. The summed E-state index contributed by atoms with van der Waals surface area (Å²) < 4.78 is 13.6. The summed E-state index contributed by atoms with van der Waals surface area (Å²) in [7, 11) is 0. The van der Waals surface area contributed by atoms with Crippen LogP contribution >= 0.6 is 0 Å². The maximum atomic E-state index is 13.6. The molecule has 0 aliphatic rings. The summed E-state index contributed by atoms with van der Waals surface area (Å²) in [6.07, 6.45) is 0.131. The fourth-order valence-corrected chi connectivity index (χ4v) is 1.48. The molecule has 0 aliphatic carbocycles. The molecule has 0 aliphatic heterocycles. The molecule has 0 saturated heterocycles. The first-order valence-corrected chi connectivity index (χ1v) is 4.89. The van der Waals surface area contributed by atoms with Crippen LogP contribution in [0.1, 0.15) is 5.69 Å². The number of aromatic nitrogens is 1. The van der Waals surface area contributed by atoms with E-state index in [9.17, 15) is 4.39 Å². The number of hydrogen-bond acceptors (Lipinski definition) is 2. The number of benzene rings is 1. The van der Waals surface area contributed by atoms with Crippen molar-refractivity contribution in [3.8, 4) is 17.2 Å². The average Bonchev–Trinajstić information content (AvgIpc) is 2.31. The van der Waals surface area contributed by atoms with Gasteiger partial charge in [0.05, 0.1) is 18.2 Å². The number of hydrogen-bond donors (Lipinski definition) is 0. The van der Waals surface area contributed by atoms with Crippen LogP contribution in [0.3, 0.4) is 0 Å². The SMILES string of the molecule is N#CCc1ccc(-c2ccccc2)c(F)n1. The van der Waals surface area contributed by atoms with Crippen molar-refractivity contribution < 1.29 is 4.39 Å². The van der Waals surface area contributed by atoms with Crippen LogP contribution < -0.4 is 0 Å². The van der Waals surface area contributed by atoms with Crippen molar-refractivity contribution in [3.05, 3.63) is 54.1 Å². The molecule has 78 valence electrons. The molecule has 0 amide bonds. The van der Waals surface area contributed by atoms with Crippen LogP contribution in [0.25, 0.3) is 11.1 Å². The molecule has 0 N–H and O–H groups in total. The first kappa shape index (κ1) is 10.3. The fraction of sp³-hybridized carbons (Fsp3) is 0.0769. The first-order chi connectivity index (χ1) is 7.81. The second-order valence-corrected chi connectivity index (χ2v) is 3.34. The van der Waals surface area contributed by atoms with Crippen LogP contribution in [0.5, 0.6) is 0 Å². The Morgan fingerprint density at radius 2 is 1.88 bits per heavy atom. The summed E-state index contributed by atoms with van der Waals surface area (Å²) in [5, 5.41) is 8.48. The smallest absolute Gasteiger partial charge is 0.221 e. The zero-order valence-electron chi connectivity index (χ0n) is 8.52. The number of nitrogens with zero attached hydrogens (tertiary/aromatic N) is 2. The van der Waals surface area contributed by atoms with Crippen LogP contribution in [0.15, 0.2) is 42.5 Å². The lowest BCUT2D eigenvalue weighted by Gasteiger charge is -2.03. The van der Waals surface area contributed by atoms with Gasteiger partial charge < -0.3 is 0 Å². The molecule has 1 aromatic carbocycles. The van der Waals surface area contributed by atoms with Gasteiger partial charge in [-0.25, -0.2) is 4.98 Å². The Morgan fingerprint density at radius 1 is 1.12 bits per heavy atom. The standard InChI is InChI=1S/C13H9FN2/c14-13-12(10-4-2-1-3-5-10)7-6-11(16-13)8-9-15/h1-7H,8H2. The molecule has 0 bridgehead atoms. The van der Waals surface area contributed by atoms with E-state index >= 15 is 0 Å². The van der Waals surface area contributed by atoms with Crippen molar-refractivity contribution in [2.75, 3.05) is 0 Å². The third-order valence-corrected chi connectivity index (χ3v) is 2.25. The van der Waals surface area contributed by atoms with Crippen LogP contribution in [0.4, 0.5) is 4.39 Å². The van der Waals surface area contributed by atoms with Crippen molar-refractivity contribution >= 4 is 0 Å². The minimum absolute atomic E-state index is 0.131. The van der Waals surface area contributed by atoms with E-state index in [-0.39, 0.29) is 6.42 Å². The number of halogens is 1. The molecule has 0 saturated carbocycles. The molecule has 2 rings (SSSR count). The highest BCUT2D eigenvalue weighted by Gasteiger charge is 2.06. The molecule has 1 heterocycles. The molecule has 0 unspecified atom stereocenters. The molecule has 0 spiro atoms. The first-order valence-electron chi connectivity index (χ1n) is 4.89. The van der Waals surface area contributed by atoms with E-state index in [0.29, 0.717) is 11.3 Å². The fourth-order valence-electron chi connectivity index (χ4n) is 1.48. The summed E-state index contributed by atoms with van der Waals surface area (Å²) in [5.74, 6) is -0.529. The third kappa shape index (κ3) is 2.06. The Kier molecular flexibility index (Phi) is 2.93. The number of rotatable bonds is 2. The third-order valence-electron chi connectivity index (χ3n) is 2.25. The van der Waals surface area contributed by atoms with Crippen molar-refractivity contribution in [3.63, 3.8) is 0 Å². The molecule has 2 aromatic rings. The topological polar surface area (TPSA) is 36.7 Å². The normalized spacial score (nSPS) is 9.75. The van der Waals surface area contributed by atoms with E-state index in [1.54, 1.807) is 12.1 Å². The minimum Gasteiger partial charge on any atom is -0.223 e. The Balaban J connectivity index is 2.41. The summed E-state index contributed by atoms with van der Waals surface area (Å²) in [5.41, 5.74) is 1.71. The highest BCUT2D eigenvalue weighted by molar-refractivity contribution is 5.62. The quantitative estimate of drug-likeness (QED) is 0.717. The summed E-state index contributed by atoms with van der Waals surface area (Å²) in [6, 6.07) is 14.5. The molecule has 3 heteroatoms. The summed E-state index contributed by atoms with van der Waals surface area (Å²) in [6.45, 7) is 0. The lowest BCUT2D eigenvalue weighted by atomic mass is 10.1. The van der Waals surface area contributed by atoms with Gasteiger partial charge in [-0.3, -0.25) is 0 Å². The van der Waals surface area contributed by atoms with Gasteiger partial charge in [0, 0.05) is 5.56 Å². The predicted molar refractivity (Wildman–Crippen MR) is 58.9 cm³/mol. The molecule has 16 heavy (non-hydrogen) atoms. The minimum atomic E-state index is -0.529. The largest absolute Gasteiger partial charge is 0.223 e. The average molecular weight is 212 g/mol. The molecule has 2 nitrogen and oxygen atoms in total. The van der Waals surface area contributed by atoms with Crippen LogP contribution in [-0.2, 0) is 6.42 Å². The van der Waals surface area contributed by atoms with E-state index in [4.69, 9.17) is 5.26 Å². The van der Waals surface area contributed by atoms with Gasteiger partial charge in [0.25, 0.3) is 0 Å². The monoisotopic (exact) mass is 212 g/mol. The number of pyridine rings is 1. The molecular weight excluding hydrogens is 203 g/mol. The Morgan fingerprint density at radius 3 is 2.50 bits per heavy atom. The molecular formula is C13H9FN2. The van der Waals surface area contributed by atoms with Crippen molar-refractivity contribution in [1.82, 2.24) is 4.98 Å². The number of nitriles is 1. The summed E-state index contributed by atoms with van der Waals surface area (Å²) >= 11 is 0. The van der Waals surface area contributed by atoms with Gasteiger partial charge in [0.2, 0.25) is 5.95 Å². The van der Waals surface area contributed by atoms with Crippen molar-refractivity contribution in [2.45, 2.75) is 6.42 Å². The van der Waals surface area contributed by atoms with Gasteiger partial charge in [-0.05, 0) is 17.7 Å². The highest BCUT2D eigenvalue weighted by Crippen LogP contribution is 2.21. The Bertz CT molecular complexity index is 529. The Labute approximate surface area is 93.0 Å². The second kappa shape index (κ2) is 4.54. The zero-order valence-corrected chi connectivity index (χ0v) is 8.52. The van der Waals surface area contributed by atoms with Gasteiger partial charge in [-0.15, -0.1) is 0 Å². The molecule has 0 atom stereocenters. The van der Waals surface area contributed by atoms with E-state index in [1.165, 1.54) is 0 Å². The van der Waals surface area contributed by atoms with Gasteiger partial charge in [-0.2, -0.15) is 9.65 Å². The highest BCUT2D eigenvalue weighted by atomic mass is 19.1. The lowest BCUT2D eigenvalue weighted by Crippen LogP contribution is -1.94. The van der Waals surface area contributed by atoms with E-state index < -0.39 is 5.95 Å². The lowest BCUT2D eigenvalue weighted by molar-refractivity contribution is 0.582. The van der Waals surface area contributed by atoms with Gasteiger partial charge in [0.1, 0.15) is 0 Å². The molecule has 1 aromatic heterocycles.